The van der Waals surface area contributed by atoms with Crippen LogP contribution in [0.15, 0.2) is 51.1 Å². The fraction of sp³-hybridized carbons (Fsp3) is 0.231. The van der Waals surface area contributed by atoms with Crippen molar-refractivity contribution < 1.29 is 13.5 Å². The molecule has 1 aromatic carbocycles. The highest BCUT2D eigenvalue weighted by atomic mass is 79.9. The summed E-state index contributed by atoms with van der Waals surface area (Å²) in [6, 6.07) is 10.3. The minimum atomic E-state index is -3.56. The van der Waals surface area contributed by atoms with Gasteiger partial charge in [0, 0.05) is 15.9 Å². The lowest BCUT2D eigenvalue weighted by molar-refractivity contribution is 0.173. The van der Waals surface area contributed by atoms with Crippen LogP contribution in [0.1, 0.15) is 17.4 Å². The summed E-state index contributed by atoms with van der Waals surface area (Å²) in [5, 5.41) is 11.8. The molecule has 0 spiro atoms. The molecule has 4 nitrogen and oxygen atoms in total. The molecule has 0 saturated carbocycles. The average molecular weight is 376 g/mol. The average Bonchev–Trinajstić information content (AvgIpc) is 2.92. The summed E-state index contributed by atoms with van der Waals surface area (Å²) in [6.07, 6.45) is -0.304. The summed E-state index contributed by atoms with van der Waals surface area (Å²) in [5.41, 5.74) is 0. The van der Waals surface area contributed by atoms with E-state index >= 15 is 0 Å². The van der Waals surface area contributed by atoms with Gasteiger partial charge in [-0.15, -0.1) is 11.3 Å². The Morgan fingerprint density at radius 3 is 2.65 bits per heavy atom. The van der Waals surface area contributed by atoms with E-state index in [1.54, 1.807) is 18.2 Å². The van der Waals surface area contributed by atoms with Gasteiger partial charge in [-0.2, -0.15) is 0 Å². The third-order valence-electron chi connectivity index (χ3n) is 2.71. The Hall–Kier alpha value is -0.730. The standard InChI is InChI=1S/C13H14BrNO3S2/c14-10-4-1-2-6-13(10)20(17,18)15-8-7-11(16)12-5-3-9-19-12/h1-6,9,11,15-16H,7-8H2/t11-/m1/s1. The van der Waals surface area contributed by atoms with Gasteiger partial charge in [0.05, 0.1) is 11.0 Å². The Balaban J connectivity index is 1.95. The van der Waals surface area contributed by atoms with Crippen LogP contribution in [0, 0.1) is 0 Å². The highest BCUT2D eigenvalue weighted by molar-refractivity contribution is 9.10. The molecule has 2 rings (SSSR count). The van der Waals surface area contributed by atoms with Crippen molar-refractivity contribution in [2.75, 3.05) is 6.54 Å². The molecule has 0 saturated heterocycles. The SMILES string of the molecule is O=S(=O)(NCC[C@@H](O)c1cccs1)c1ccccc1Br. The largest absolute Gasteiger partial charge is 0.388 e. The van der Waals surface area contributed by atoms with E-state index in [-0.39, 0.29) is 11.4 Å². The van der Waals surface area contributed by atoms with Crippen LogP contribution >= 0.6 is 27.3 Å². The van der Waals surface area contributed by atoms with Gasteiger partial charge in [-0.05, 0) is 45.9 Å². The number of aliphatic hydroxyl groups is 1. The normalized spacial score (nSPS) is 13.3. The Kier molecular flexibility index (Phi) is 5.34. The van der Waals surface area contributed by atoms with Crippen molar-refractivity contribution in [1.29, 1.82) is 0 Å². The molecule has 1 heterocycles. The lowest BCUT2D eigenvalue weighted by Gasteiger charge is -2.11. The lowest BCUT2D eigenvalue weighted by Crippen LogP contribution is -2.26. The predicted octanol–water partition coefficient (Wildman–Crippen LogP) is 2.91. The van der Waals surface area contributed by atoms with Crippen molar-refractivity contribution in [3.8, 4) is 0 Å². The minimum absolute atomic E-state index is 0.183. The highest BCUT2D eigenvalue weighted by Gasteiger charge is 2.17. The number of hydrogen-bond acceptors (Lipinski definition) is 4. The van der Waals surface area contributed by atoms with Gasteiger partial charge in [0.2, 0.25) is 10.0 Å². The Labute approximate surface area is 130 Å². The topological polar surface area (TPSA) is 66.4 Å². The van der Waals surface area contributed by atoms with Crippen LogP contribution < -0.4 is 4.72 Å². The quantitative estimate of drug-likeness (QED) is 0.815. The van der Waals surface area contributed by atoms with Crippen molar-refractivity contribution in [3.63, 3.8) is 0 Å². The Bertz CT molecular complexity index is 656. The van der Waals surface area contributed by atoms with Crippen LogP contribution in [0.3, 0.4) is 0 Å². The first kappa shape index (κ1) is 15.7. The van der Waals surface area contributed by atoms with Crippen LogP contribution in [0.5, 0.6) is 0 Å². The first-order valence-electron chi connectivity index (χ1n) is 5.96. The molecule has 0 aliphatic heterocycles. The number of aliphatic hydroxyl groups excluding tert-OH is 1. The van der Waals surface area contributed by atoms with Gasteiger partial charge in [0.15, 0.2) is 0 Å². The fourth-order valence-electron chi connectivity index (χ4n) is 1.69. The first-order valence-corrected chi connectivity index (χ1v) is 9.12. The van der Waals surface area contributed by atoms with Crippen molar-refractivity contribution in [2.45, 2.75) is 17.4 Å². The van der Waals surface area contributed by atoms with Crippen molar-refractivity contribution >= 4 is 37.3 Å². The molecule has 108 valence electrons. The molecule has 1 aromatic heterocycles. The van der Waals surface area contributed by atoms with Crippen LogP contribution in [0.25, 0.3) is 0 Å². The van der Waals surface area contributed by atoms with E-state index < -0.39 is 16.1 Å². The van der Waals surface area contributed by atoms with Crippen LogP contribution in [0.2, 0.25) is 0 Å². The third-order valence-corrected chi connectivity index (χ3v) is 6.15. The molecule has 0 aliphatic rings. The molecular formula is C13H14BrNO3S2. The van der Waals surface area contributed by atoms with Gasteiger partial charge >= 0.3 is 0 Å². The van der Waals surface area contributed by atoms with E-state index in [1.165, 1.54) is 17.4 Å². The summed E-state index contributed by atoms with van der Waals surface area (Å²) < 4.78 is 27.2. The van der Waals surface area contributed by atoms with E-state index in [0.717, 1.165) is 4.88 Å². The maximum atomic E-state index is 12.1. The molecule has 1 atom stereocenters. The number of benzene rings is 1. The number of nitrogens with one attached hydrogen (secondary N) is 1. The van der Waals surface area contributed by atoms with E-state index in [4.69, 9.17) is 0 Å². The molecular weight excluding hydrogens is 362 g/mol. The second-order valence-corrected chi connectivity index (χ2v) is 7.72. The number of sulfonamides is 1. The number of hydrogen-bond donors (Lipinski definition) is 2. The van der Waals surface area contributed by atoms with Gasteiger partial charge in [-0.3, -0.25) is 0 Å². The molecule has 0 radical (unpaired) electrons. The molecule has 2 N–H and O–H groups in total. The predicted molar refractivity (Wildman–Crippen MR) is 83.2 cm³/mol. The van der Waals surface area contributed by atoms with Crippen molar-refractivity contribution in [2.24, 2.45) is 0 Å². The second kappa shape index (κ2) is 6.82. The summed E-state index contributed by atoms with van der Waals surface area (Å²) in [6.45, 7) is 0.183. The van der Waals surface area contributed by atoms with Gasteiger partial charge in [0.25, 0.3) is 0 Å². The zero-order chi connectivity index (χ0) is 14.6. The van der Waals surface area contributed by atoms with Crippen LogP contribution in [0.4, 0.5) is 0 Å². The van der Waals surface area contributed by atoms with Gasteiger partial charge < -0.3 is 5.11 Å². The van der Waals surface area contributed by atoms with Crippen LogP contribution in [-0.2, 0) is 10.0 Å². The maximum Gasteiger partial charge on any atom is 0.241 e. The fourth-order valence-corrected chi connectivity index (χ4v) is 4.49. The summed E-state index contributed by atoms with van der Waals surface area (Å²) >= 11 is 4.67. The smallest absolute Gasteiger partial charge is 0.241 e. The molecule has 7 heteroatoms. The highest BCUT2D eigenvalue weighted by Crippen LogP contribution is 2.23. The van der Waals surface area contributed by atoms with Gasteiger partial charge in [0.1, 0.15) is 0 Å². The zero-order valence-electron chi connectivity index (χ0n) is 10.5. The first-order chi connectivity index (χ1) is 9.50. The molecule has 0 fully saturated rings. The lowest BCUT2D eigenvalue weighted by atomic mass is 10.2. The maximum absolute atomic E-state index is 12.1. The monoisotopic (exact) mass is 375 g/mol. The molecule has 0 aliphatic carbocycles. The molecule has 2 aromatic rings. The van der Waals surface area contributed by atoms with Crippen molar-refractivity contribution in [1.82, 2.24) is 4.72 Å². The van der Waals surface area contributed by atoms with E-state index in [2.05, 4.69) is 20.7 Å². The molecule has 0 unspecified atom stereocenters. The van der Waals surface area contributed by atoms with Crippen molar-refractivity contribution in [3.05, 3.63) is 51.1 Å². The number of thiophene rings is 1. The van der Waals surface area contributed by atoms with Gasteiger partial charge in [-0.25, -0.2) is 13.1 Å². The summed E-state index contributed by atoms with van der Waals surface area (Å²) in [7, 11) is -3.56. The molecule has 0 amide bonds. The van der Waals surface area contributed by atoms with E-state index in [0.29, 0.717) is 10.9 Å². The Morgan fingerprint density at radius 2 is 2.00 bits per heavy atom. The van der Waals surface area contributed by atoms with Crippen LogP contribution in [-0.4, -0.2) is 20.1 Å². The zero-order valence-corrected chi connectivity index (χ0v) is 13.7. The number of halogens is 1. The van der Waals surface area contributed by atoms with E-state index in [9.17, 15) is 13.5 Å². The second-order valence-electron chi connectivity index (χ2n) is 4.15. The summed E-state index contributed by atoms with van der Waals surface area (Å²) in [5.74, 6) is 0. The molecule has 0 bridgehead atoms. The minimum Gasteiger partial charge on any atom is -0.388 e. The summed E-state index contributed by atoms with van der Waals surface area (Å²) in [4.78, 5) is 1.04. The van der Waals surface area contributed by atoms with Gasteiger partial charge in [-0.1, -0.05) is 18.2 Å². The Morgan fingerprint density at radius 1 is 1.25 bits per heavy atom. The van der Waals surface area contributed by atoms with E-state index in [1.807, 2.05) is 17.5 Å². The molecule has 20 heavy (non-hydrogen) atoms. The number of rotatable bonds is 6. The third kappa shape index (κ3) is 3.89.